The topological polar surface area (TPSA) is 48.0 Å². The average molecular weight is 257 g/mol. The van der Waals surface area contributed by atoms with Crippen LogP contribution in [-0.4, -0.2) is 62.5 Å². The molecule has 0 aromatic rings. The number of rotatable bonds is 4. The van der Waals surface area contributed by atoms with Crippen molar-refractivity contribution in [1.82, 2.24) is 4.90 Å². The molecule has 0 aromatic carbocycles. The minimum atomic E-state index is -0.0519. The molecule has 0 bridgehead atoms. The van der Waals surface area contributed by atoms with Crippen LogP contribution in [0.4, 0.5) is 0 Å². The number of methoxy groups -OCH3 is 1. The van der Waals surface area contributed by atoms with Crippen molar-refractivity contribution in [2.45, 2.75) is 37.9 Å². The van der Waals surface area contributed by atoms with Crippen molar-refractivity contribution in [2.24, 2.45) is 0 Å². The second kappa shape index (κ2) is 5.99. The van der Waals surface area contributed by atoms with Gasteiger partial charge in [-0.15, -0.1) is 0 Å². The lowest BCUT2D eigenvalue weighted by Gasteiger charge is -2.38. The summed E-state index contributed by atoms with van der Waals surface area (Å²) in [5.74, 6) is 0.0757. The molecule has 1 amide bonds. The van der Waals surface area contributed by atoms with Crippen LogP contribution in [0.5, 0.6) is 0 Å². The van der Waals surface area contributed by atoms with Crippen LogP contribution in [0, 0.1) is 0 Å². The van der Waals surface area contributed by atoms with Crippen LogP contribution in [0.1, 0.15) is 26.2 Å². The fraction of sp³-hybridized carbons (Fsp3) is 0.923. The highest BCUT2D eigenvalue weighted by atomic mass is 16.6. The Labute approximate surface area is 108 Å². The Kier molecular flexibility index (Phi) is 4.59. The van der Waals surface area contributed by atoms with E-state index in [9.17, 15) is 4.79 Å². The number of carbonyl (C=O) groups is 1. The zero-order valence-corrected chi connectivity index (χ0v) is 11.3. The van der Waals surface area contributed by atoms with Crippen LogP contribution in [-0.2, 0) is 19.0 Å². The maximum Gasteiger partial charge on any atom is 0.248 e. The van der Waals surface area contributed by atoms with Crippen LogP contribution in [0.25, 0.3) is 0 Å². The first-order valence-corrected chi connectivity index (χ1v) is 6.71. The predicted octanol–water partition coefficient (Wildman–Crippen LogP) is 0.819. The number of ether oxygens (including phenoxy) is 3. The molecule has 0 N–H and O–H groups in total. The molecule has 2 rings (SSSR count). The second-order valence-electron chi connectivity index (χ2n) is 5.09. The van der Waals surface area contributed by atoms with E-state index in [2.05, 4.69) is 0 Å². The first-order valence-electron chi connectivity index (χ1n) is 6.71. The lowest BCUT2D eigenvalue weighted by molar-refractivity contribution is -0.139. The number of nitrogens with zero attached hydrogens (tertiary/aromatic N) is 1. The van der Waals surface area contributed by atoms with Crippen LogP contribution in [0.3, 0.4) is 0 Å². The predicted molar refractivity (Wildman–Crippen MR) is 66.4 cm³/mol. The molecule has 104 valence electrons. The third-order valence-electron chi connectivity index (χ3n) is 3.87. The van der Waals surface area contributed by atoms with E-state index in [1.54, 1.807) is 7.11 Å². The Morgan fingerprint density at radius 3 is 2.78 bits per heavy atom. The van der Waals surface area contributed by atoms with E-state index < -0.39 is 0 Å². The lowest BCUT2D eigenvalue weighted by Crippen LogP contribution is -2.47. The molecule has 0 unspecified atom stereocenters. The molecule has 1 spiro atoms. The molecule has 1 atom stereocenters. The van der Waals surface area contributed by atoms with Crippen molar-refractivity contribution in [1.29, 1.82) is 0 Å². The van der Waals surface area contributed by atoms with Gasteiger partial charge < -0.3 is 19.1 Å². The summed E-state index contributed by atoms with van der Waals surface area (Å²) in [7, 11) is 1.55. The molecular formula is C13H23NO4. The van der Waals surface area contributed by atoms with Crippen molar-refractivity contribution in [3.8, 4) is 0 Å². The first kappa shape index (κ1) is 13.8. The van der Waals surface area contributed by atoms with Crippen LogP contribution in [0.2, 0.25) is 0 Å². The van der Waals surface area contributed by atoms with E-state index in [0.717, 1.165) is 39.0 Å². The molecule has 2 fully saturated rings. The molecule has 0 radical (unpaired) electrons. The SMILES string of the molecule is CCO[C@H]1COC2(CCN(C(=O)COC)CC2)C1. The van der Waals surface area contributed by atoms with Gasteiger partial charge in [0.25, 0.3) is 0 Å². The van der Waals surface area contributed by atoms with Crippen molar-refractivity contribution < 1.29 is 19.0 Å². The highest BCUT2D eigenvalue weighted by Gasteiger charge is 2.43. The van der Waals surface area contributed by atoms with Crippen molar-refractivity contribution >= 4 is 5.91 Å². The highest BCUT2D eigenvalue weighted by Crippen LogP contribution is 2.36. The maximum absolute atomic E-state index is 11.7. The van der Waals surface area contributed by atoms with Gasteiger partial charge in [0.1, 0.15) is 6.61 Å². The maximum atomic E-state index is 11.7. The third-order valence-corrected chi connectivity index (χ3v) is 3.87. The first-order chi connectivity index (χ1) is 8.69. The van der Waals surface area contributed by atoms with E-state index in [-0.39, 0.29) is 24.2 Å². The van der Waals surface area contributed by atoms with Gasteiger partial charge in [0, 0.05) is 33.2 Å². The minimum Gasteiger partial charge on any atom is -0.376 e. The van der Waals surface area contributed by atoms with E-state index in [4.69, 9.17) is 14.2 Å². The molecule has 5 heteroatoms. The third kappa shape index (κ3) is 3.02. The zero-order valence-electron chi connectivity index (χ0n) is 11.3. The number of hydrogen-bond acceptors (Lipinski definition) is 4. The molecule has 2 aliphatic heterocycles. The highest BCUT2D eigenvalue weighted by molar-refractivity contribution is 5.77. The van der Waals surface area contributed by atoms with Crippen molar-refractivity contribution in [2.75, 3.05) is 40.0 Å². The van der Waals surface area contributed by atoms with E-state index >= 15 is 0 Å². The van der Waals surface area contributed by atoms with E-state index in [1.165, 1.54) is 0 Å². The second-order valence-corrected chi connectivity index (χ2v) is 5.09. The van der Waals surface area contributed by atoms with Gasteiger partial charge in [-0.3, -0.25) is 4.79 Å². The molecule has 2 heterocycles. The summed E-state index contributed by atoms with van der Waals surface area (Å²) in [6, 6.07) is 0. The van der Waals surface area contributed by atoms with Crippen LogP contribution in [0.15, 0.2) is 0 Å². The Hall–Kier alpha value is -0.650. The molecule has 0 aromatic heterocycles. The summed E-state index contributed by atoms with van der Waals surface area (Å²) in [4.78, 5) is 13.6. The molecule has 18 heavy (non-hydrogen) atoms. The van der Waals surface area contributed by atoms with Crippen LogP contribution < -0.4 is 0 Å². The molecule has 0 saturated carbocycles. The Morgan fingerprint density at radius 2 is 2.17 bits per heavy atom. The fourth-order valence-corrected chi connectivity index (χ4v) is 2.87. The van der Waals surface area contributed by atoms with E-state index in [0.29, 0.717) is 6.61 Å². The summed E-state index contributed by atoms with van der Waals surface area (Å²) in [6.45, 7) is 5.15. The summed E-state index contributed by atoms with van der Waals surface area (Å²) in [6.07, 6.45) is 3.02. The minimum absolute atomic E-state index is 0.0519. The molecule has 0 aliphatic carbocycles. The van der Waals surface area contributed by atoms with Gasteiger partial charge in [0.05, 0.1) is 18.3 Å². The van der Waals surface area contributed by atoms with Gasteiger partial charge in [-0.2, -0.15) is 0 Å². The Bertz CT molecular complexity index is 287. The van der Waals surface area contributed by atoms with Gasteiger partial charge in [-0.1, -0.05) is 0 Å². The summed E-state index contributed by atoms with van der Waals surface area (Å²) < 4.78 is 16.4. The number of amides is 1. The smallest absolute Gasteiger partial charge is 0.248 e. The van der Waals surface area contributed by atoms with Crippen molar-refractivity contribution in [3.63, 3.8) is 0 Å². The lowest BCUT2D eigenvalue weighted by atomic mass is 9.88. The largest absolute Gasteiger partial charge is 0.376 e. The Morgan fingerprint density at radius 1 is 1.44 bits per heavy atom. The average Bonchev–Trinajstić information content (AvgIpc) is 2.74. The Balaban J connectivity index is 1.81. The van der Waals surface area contributed by atoms with Gasteiger partial charge >= 0.3 is 0 Å². The van der Waals surface area contributed by atoms with E-state index in [1.807, 2.05) is 11.8 Å². The van der Waals surface area contributed by atoms with Gasteiger partial charge in [-0.25, -0.2) is 0 Å². The van der Waals surface area contributed by atoms with Crippen molar-refractivity contribution in [3.05, 3.63) is 0 Å². The summed E-state index contributed by atoms with van der Waals surface area (Å²) in [5, 5.41) is 0. The molecular weight excluding hydrogens is 234 g/mol. The fourth-order valence-electron chi connectivity index (χ4n) is 2.87. The van der Waals surface area contributed by atoms with Gasteiger partial charge in [0.2, 0.25) is 5.91 Å². The summed E-state index contributed by atoms with van der Waals surface area (Å²) in [5.41, 5.74) is -0.0519. The molecule has 5 nitrogen and oxygen atoms in total. The zero-order chi connectivity index (χ0) is 13.0. The molecule has 2 aliphatic rings. The standard InChI is InChI=1S/C13H23NO4/c1-3-17-11-8-13(18-9-11)4-6-14(7-5-13)12(15)10-16-2/h11H,3-10H2,1-2H3/t11-/m1/s1. The van der Waals surface area contributed by atoms with Gasteiger partial charge in [0.15, 0.2) is 0 Å². The summed E-state index contributed by atoms with van der Waals surface area (Å²) >= 11 is 0. The van der Waals surface area contributed by atoms with Gasteiger partial charge in [-0.05, 0) is 19.8 Å². The quantitative estimate of drug-likeness (QED) is 0.748. The molecule has 2 saturated heterocycles. The number of piperidine rings is 1. The monoisotopic (exact) mass is 257 g/mol. The number of hydrogen-bond donors (Lipinski definition) is 0. The number of likely N-dealkylation sites (tertiary alicyclic amines) is 1. The normalized spacial score (nSPS) is 26.8. The van der Waals surface area contributed by atoms with Crippen LogP contribution >= 0.6 is 0 Å². The number of carbonyl (C=O) groups excluding carboxylic acids is 1.